The van der Waals surface area contributed by atoms with Crippen molar-refractivity contribution in [3.63, 3.8) is 0 Å². The van der Waals surface area contributed by atoms with Crippen molar-refractivity contribution in [3.05, 3.63) is 107 Å². The summed E-state index contributed by atoms with van der Waals surface area (Å²) in [7, 11) is -3.38. The molecule has 0 aliphatic carbocycles. The van der Waals surface area contributed by atoms with E-state index in [1.54, 1.807) is 13.8 Å². The van der Waals surface area contributed by atoms with E-state index >= 15 is 0 Å². The third-order valence-electron chi connectivity index (χ3n) is 4.47. The van der Waals surface area contributed by atoms with Crippen molar-refractivity contribution in [2.24, 2.45) is 0 Å². The fourth-order valence-electron chi connectivity index (χ4n) is 2.95. The smallest absolute Gasteiger partial charge is 0.0651 e. The molecule has 3 aromatic rings. The molecular weight excluding hydrogens is 316 g/mol. The van der Waals surface area contributed by atoms with Crippen molar-refractivity contribution in [2.75, 3.05) is 0 Å². The Balaban J connectivity index is 2.41. The second-order valence-electron chi connectivity index (χ2n) is 6.36. The molecule has 25 heavy (non-hydrogen) atoms. The molecule has 0 nitrogen and oxygen atoms in total. The Bertz CT molecular complexity index is 1260. The van der Waals surface area contributed by atoms with Gasteiger partial charge in [0, 0.05) is 0 Å². The molecule has 0 atom stereocenters. The minimum atomic E-state index is -3.38. The highest BCUT2D eigenvalue weighted by molar-refractivity contribution is 6.79. The predicted molar refractivity (Wildman–Crippen MR) is 111 cm³/mol. The average Bonchev–Trinajstić information content (AvgIpc) is 2.92. The molecule has 0 spiro atoms. The predicted octanol–water partition coefficient (Wildman–Crippen LogP) is 6.19. The Morgan fingerprint density at radius 3 is 1.12 bits per heavy atom. The maximum absolute atomic E-state index is 8.51. The molecule has 0 bridgehead atoms. The van der Waals surface area contributed by atoms with Crippen LogP contribution in [0.4, 0.5) is 0 Å². The second kappa shape index (κ2) is 8.31. The summed E-state index contributed by atoms with van der Waals surface area (Å²) in [5.41, 5.74) is -0.413. The van der Waals surface area contributed by atoms with Gasteiger partial charge in [0.1, 0.15) is 0 Å². The second-order valence-corrected chi connectivity index (χ2v) is 11.3. The molecule has 0 N–H and O–H groups in total. The van der Waals surface area contributed by atoms with E-state index in [9.17, 15) is 0 Å². The van der Waals surface area contributed by atoms with Crippen LogP contribution in [0.25, 0.3) is 0 Å². The highest BCUT2D eigenvalue weighted by Gasteiger charge is 2.36. The molecule has 0 heterocycles. The van der Waals surface area contributed by atoms with Gasteiger partial charge in [0.25, 0.3) is 0 Å². The van der Waals surface area contributed by atoms with Crippen LogP contribution < -0.4 is 0 Å². The number of benzene rings is 3. The summed E-state index contributed by atoms with van der Waals surface area (Å²) in [6.45, 7) is 3.60. The van der Waals surface area contributed by atoms with Crippen LogP contribution in [0.3, 0.4) is 0 Å². The zero-order valence-electron chi connectivity index (χ0n) is 29.2. The molecule has 0 aromatic heterocycles. The maximum Gasteiger partial charge on any atom is 0.0692 e. The topological polar surface area (TPSA) is 0 Å². The Morgan fingerprint density at radius 2 is 0.880 bits per heavy atom. The third-order valence-corrected chi connectivity index (χ3v) is 10.1. The van der Waals surface area contributed by atoms with Gasteiger partial charge in [-0.05, 0) is 18.1 Å². The standard InChI is InChI=1S/C24H28Si/c1-21(2)25(18-22-12-6-3-7-13-22,19-23-14-8-4-9-15-23)20-24-16-10-5-11-17-24/h3-17,21H,18-20H2,1-2H3/i3D,4D,5D,6D,7D,8D,9D,10D,11D,12D,13D,14D,15D,16D,17D. The Labute approximate surface area is 174 Å². The zero-order valence-corrected chi connectivity index (χ0v) is 15.2. The SMILES string of the molecule is [2H]c1c([2H])c([2H])c(C[Si](Cc2c([2H])c([2H])c([2H])c([2H])c2[2H])(Cc2c([2H])c([2H])c([2H])c([2H])c2[2H])C(C)C)c([2H])c1[2H]. The van der Waals surface area contributed by atoms with Gasteiger partial charge < -0.3 is 0 Å². The Hall–Kier alpha value is -2.12. The molecule has 3 aromatic carbocycles. The van der Waals surface area contributed by atoms with Crippen LogP contribution in [0, 0.1) is 0 Å². The molecule has 0 amide bonds. The van der Waals surface area contributed by atoms with Crippen LogP contribution in [-0.2, 0) is 18.1 Å². The summed E-state index contributed by atoms with van der Waals surface area (Å²) in [5.74, 6) is 0. The number of hydrogen-bond donors (Lipinski definition) is 0. The van der Waals surface area contributed by atoms with Crippen molar-refractivity contribution in [1.29, 1.82) is 0 Å². The summed E-state index contributed by atoms with van der Waals surface area (Å²) in [6.07, 6.45) is 0. The largest absolute Gasteiger partial charge is 0.0692 e. The van der Waals surface area contributed by atoms with Crippen LogP contribution >= 0.6 is 0 Å². The summed E-state index contributed by atoms with van der Waals surface area (Å²) in [4.78, 5) is 0. The lowest BCUT2D eigenvalue weighted by molar-refractivity contribution is 0.923. The van der Waals surface area contributed by atoms with Crippen LogP contribution in [0.15, 0.2) is 90.6 Å². The first-order valence-electron chi connectivity index (χ1n) is 15.6. The minimum absolute atomic E-state index is 0.0221. The fraction of sp³-hybridized carbons (Fsp3) is 0.250. The van der Waals surface area contributed by atoms with E-state index < -0.39 is 98.7 Å². The van der Waals surface area contributed by atoms with Crippen molar-refractivity contribution in [3.8, 4) is 0 Å². The molecule has 0 aliphatic rings. The minimum Gasteiger partial charge on any atom is -0.0651 e. The molecule has 0 saturated carbocycles. The van der Waals surface area contributed by atoms with Crippen LogP contribution in [0.2, 0.25) is 5.54 Å². The van der Waals surface area contributed by atoms with Gasteiger partial charge in [-0.15, -0.1) is 0 Å². The van der Waals surface area contributed by atoms with Crippen molar-refractivity contribution in [2.45, 2.75) is 37.5 Å². The van der Waals surface area contributed by atoms with Gasteiger partial charge in [0.05, 0.1) is 28.6 Å². The molecule has 0 fully saturated rings. The van der Waals surface area contributed by atoms with Gasteiger partial charge in [-0.25, -0.2) is 0 Å². The van der Waals surface area contributed by atoms with Crippen molar-refractivity contribution in [1.82, 2.24) is 0 Å². The van der Waals surface area contributed by atoms with Crippen molar-refractivity contribution < 1.29 is 20.6 Å². The summed E-state index contributed by atoms with van der Waals surface area (Å²) in [5, 5.41) is 0. The van der Waals surface area contributed by atoms with E-state index in [4.69, 9.17) is 20.6 Å². The summed E-state index contributed by atoms with van der Waals surface area (Å²) >= 11 is 0. The van der Waals surface area contributed by atoms with E-state index in [0.29, 0.717) is 0 Å². The molecular formula is C24H28Si. The monoisotopic (exact) mass is 359 g/mol. The van der Waals surface area contributed by atoms with Gasteiger partial charge in [-0.1, -0.05) is 127 Å². The first-order valence-corrected chi connectivity index (χ1v) is 10.8. The maximum atomic E-state index is 8.51. The average molecular weight is 360 g/mol. The van der Waals surface area contributed by atoms with Gasteiger partial charge in [0.15, 0.2) is 0 Å². The van der Waals surface area contributed by atoms with Gasteiger partial charge in [-0.3, -0.25) is 0 Å². The first-order chi connectivity index (χ1) is 18.4. The molecule has 0 radical (unpaired) electrons. The number of hydrogen-bond acceptors (Lipinski definition) is 0. The Morgan fingerprint density at radius 1 is 0.600 bits per heavy atom. The first kappa shape index (κ1) is 6.89. The van der Waals surface area contributed by atoms with E-state index in [1.165, 1.54) is 0 Å². The normalized spacial score (nSPS) is 20.0. The summed E-state index contributed by atoms with van der Waals surface area (Å²) in [6, 6.07) is -8.01. The van der Waals surface area contributed by atoms with Crippen LogP contribution in [-0.4, -0.2) is 8.07 Å². The third kappa shape index (κ3) is 4.70. The molecule has 0 saturated heterocycles. The number of rotatable bonds is 7. The lowest BCUT2D eigenvalue weighted by atomic mass is 10.2. The molecule has 0 unspecified atom stereocenters. The van der Waals surface area contributed by atoms with Gasteiger partial charge in [-0.2, -0.15) is 0 Å². The lowest BCUT2D eigenvalue weighted by Crippen LogP contribution is -2.46. The van der Waals surface area contributed by atoms with Crippen LogP contribution in [0.5, 0.6) is 0 Å². The lowest BCUT2D eigenvalue weighted by Gasteiger charge is -2.37. The van der Waals surface area contributed by atoms with E-state index in [1.807, 2.05) is 0 Å². The molecule has 3 rings (SSSR count). The van der Waals surface area contributed by atoms with Gasteiger partial charge in [0.2, 0.25) is 0 Å². The summed E-state index contributed by atoms with van der Waals surface area (Å²) < 4.78 is 124. The van der Waals surface area contributed by atoms with E-state index in [-0.39, 0.29) is 40.4 Å². The Kier molecular flexibility index (Phi) is 2.29. The van der Waals surface area contributed by atoms with E-state index in [2.05, 4.69) is 0 Å². The fourth-order valence-corrected chi connectivity index (χ4v) is 7.19. The quantitative estimate of drug-likeness (QED) is 0.441. The highest BCUT2D eigenvalue weighted by Crippen LogP contribution is 2.32. The molecule has 128 valence electrons. The molecule has 1 heteroatoms. The van der Waals surface area contributed by atoms with E-state index in [0.717, 1.165) is 0 Å². The van der Waals surface area contributed by atoms with Crippen LogP contribution in [0.1, 0.15) is 51.1 Å². The highest BCUT2D eigenvalue weighted by atomic mass is 28.3. The molecule has 0 aliphatic heterocycles. The zero-order chi connectivity index (χ0) is 30.6. The van der Waals surface area contributed by atoms with Gasteiger partial charge >= 0.3 is 0 Å². The van der Waals surface area contributed by atoms with Crippen molar-refractivity contribution >= 4 is 8.07 Å².